The Balaban J connectivity index is 1.67. The van der Waals surface area contributed by atoms with E-state index in [1.807, 2.05) is 6.07 Å². The van der Waals surface area contributed by atoms with Crippen molar-refractivity contribution in [3.05, 3.63) is 59.2 Å². The Kier molecular flexibility index (Phi) is 8.11. The molecule has 192 valence electrons. The van der Waals surface area contributed by atoms with Gasteiger partial charge in [-0.05, 0) is 69.3 Å². The second-order valence-electron chi connectivity index (χ2n) is 9.61. The number of carbonyl (C=O) groups excluding carboxylic acids is 3. The summed E-state index contributed by atoms with van der Waals surface area (Å²) < 4.78 is 20.0. The van der Waals surface area contributed by atoms with E-state index in [0.717, 1.165) is 5.56 Å². The molecule has 1 aliphatic heterocycles. The van der Waals surface area contributed by atoms with E-state index in [1.54, 1.807) is 45.3 Å². The van der Waals surface area contributed by atoms with Gasteiger partial charge in [-0.1, -0.05) is 18.2 Å². The minimum Gasteiger partial charge on any atom is -0.381 e. The number of nitrogens with one attached hydrogen (secondary N) is 3. The summed E-state index contributed by atoms with van der Waals surface area (Å²) in [6, 6.07) is 6.93. The Labute approximate surface area is 210 Å². The van der Waals surface area contributed by atoms with E-state index in [4.69, 9.17) is 4.74 Å². The van der Waals surface area contributed by atoms with Crippen LogP contribution in [0.25, 0.3) is 0 Å². The van der Waals surface area contributed by atoms with Crippen molar-refractivity contribution in [2.75, 3.05) is 25.6 Å². The Morgan fingerprint density at radius 1 is 1.14 bits per heavy atom. The number of halogens is 1. The third-order valence-corrected chi connectivity index (χ3v) is 7.34. The van der Waals surface area contributed by atoms with Crippen molar-refractivity contribution in [2.24, 2.45) is 11.8 Å². The third-order valence-electron chi connectivity index (χ3n) is 7.34. The highest BCUT2D eigenvalue weighted by molar-refractivity contribution is 6.02. The number of amides is 2. The first-order valence-electron chi connectivity index (χ1n) is 12.4. The number of ketones is 1. The quantitative estimate of drug-likeness (QED) is 0.518. The van der Waals surface area contributed by atoms with Gasteiger partial charge < -0.3 is 20.7 Å². The maximum absolute atomic E-state index is 14.5. The van der Waals surface area contributed by atoms with Crippen LogP contribution in [-0.2, 0) is 25.5 Å². The highest BCUT2D eigenvalue weighted by Crippen LogP contribution is 2.40. The number of hydrogen-bond acceptors (Lipinski definition) is 6. The number of pyridine rings is 1. The monoisotopic (exact) mass is 496 g/mol. The van der Waals surface area contributed by atoms with Crippen LogP contribution in [0, 0.1) is 24.6 Å². The summed E-state index contributed by atoms with van der Waals surface area (Å²) in [5.41, 5.74) is 2.05. The van der Waals surface area contributed by atoms with E-state index in [9.17, 15) is 18.8 Å². The fraction of sp³-hybridized carbons (Fsp3) is 0.481. The van der Waals surface area contributed by atoms with Crippen LogP contribution < -0.4 is 16.0 Å². The molecule has 9 heteroatoms. The minimum absolute atomic E-state index is 0.106. The molecule has 1 aromatic heterocycles. The zero-order valence-corrected chi connectivity index (χ0v) is 20.8. The molecule has 36 heavy (non-hydrogen) atoms. The van der Waals surface area contributed by atoms with Gasteiger partial charge in [0.15, 0.2) is 5.78 Å². The Morgan fingerprint density at radius 2 is 1.89 bits per heavy atom. The van der Waals surface area contributed by atoms with Crippen molar-refractivity contribution >= 4 is 23.3 Å². The zero-order chi connectivity index (χ0) is 25.8. The predicted molar refractivity (Wildman–Crippen MR) is 133 cm³/mol. The molecule has 0 spiro atoms. The molecule has 2 aromatic rings. The number of carbonyl (C=O) groups is 3. The number of Topliss-reactive ketones (excluding diaryl/α,β-unsaturated/α-hetero) is 1. The van der Waals surface area contributed by atoms with Crippen LogP contribution in [0.15, 0.2) is 36.5 Å². The zero-order valence-electron chi connectivity index (χ0n) is 20.8. The van der Waals surface area contributed by atoms with E-state index < -0.39 is 35.6 Å². The second-order valence-corrected chi connectivity index (χ2v) is 9.61. The van der Waals surface area contributed by atoms with Gasteiger partial charge in [-0.2, -0.15) is 0 Å². The summed E-state index contributed by atoms with van der Waals surface area (Å²) in [7, 11) is 1.68. The van der Waals surface area contributed by atoms with Crippen LogP contribution in [0.5, 0.6) is 0 Å². The van der Waals surface area contributed by atoms with Gasteiger partial charge in [-0.15, -0.1) is 0 Å². The third kappa shape index (κ3) is 5.32. The van der Waals surface area contributed by atoms with Crippen LogP contribution in [-0.4, -0.2) is 54.9 Å². The molecule has 1 fully saturated rings. The molecule has 0 radical (unpaired) electrons. The van der Waals surface area contributed by atoms with E-state index in [1.165, 1.54) is 6.07 Å². The average molecular weight is 497 g/mol. The Morgan fingerprint density at radius 3 is 2.58 bits per heavy atom. The SMILES string of the molecule is CN[C@@H](C)C(=O)N[C@H](C(=O)C1c2ncccc2C[C@H]1C(=O)Nc1c(C)cccc1F)C1CCOCC1. The molecule has 0 saturated carbocycles. The number of nitrogens with zero attached hydrogens (tertiary/aromatic N) is 1. The van der Waals surface area contributed by atoms with Crippen LogP contribution in [0.4, 0.5) is 10.1 Å². The molecular weight excluding hydrogens is 463 g/mol. The number of fused-ring (bicyclic) bond motifs is 1. The summed E-state index contributed by atoms with van der Waals surface area (Å²) in [6.07, 6.45) is 3.15. The van der Waals surface area contributed by atoms with Gasteiger partial charge in [0, 0.05) is 19.4 Å². The number of aromatic nitrogens is 1. The number of aryl methyl sites for hydroxylation is 1. The van der Waals surface area contributed by atoms with Crippen molar-refractivity contribution in [3.8, 4) is 0 Å². The first-order chi connectivity index (χ1) is 17.3. The van der Waals surface area contributed by atoms with Crippen molar-refractivity contribution < 1.29 is 23.5 Å². The fourth-order valence-electron chi connectivity index (χ4n) is 5.11. The van der Waals surface area contributed by atoms with Gasteiger partial charge in [0.05, 0.1) is 35.3 Å². The van der Waals surface area contributed by atoms with Gasteiger partial charge in [-0.25, -0.2) is 4.39 Å². The Hall–Kier alpha value is -3.17. The first kappa shape index (κ1) is 25.9. The smallest absolute Gasteiger partial charge is 0.237 e. The summed E-state index contributed by atoms with van der Waals surface area (Å²) in [6.45, 7) is 4.44. The standard InChI is InChI=1S/C27H33FN4O4/c1-15-6-4-8-20(28)22(15)31-27(35)19-14-18-7-5-11-30-23(18)21(19)25(33)24(17-9-12-36-13-10-17)32-26(34)16(2)29-3/h4-8,11,16-17,19,21,24,29H,9-10,12-14H2,1-3H3,(H,31,35)(H,32,34)/t16-,19+,21?,24-/m0/s1. The van der Waals surface area contributed by atoms with Crippen LogP contribution in [0.2, 0.25) is 0 Å². The molecule has 1 aliphatic carbocycles. The average Bonchev–Trinajstić information content (AvgIpc) is 3.28. The lowest BCUT2D eigenvalue weighted by Crippen LogP contribution is -2.54. The number of rotatable bonds is 8. The summed E-state index contributed by atoms with van der Waals surface area (Å²) in [5.74, 6) is -3.27. The molecule has 2 aliphatic rings. The molecule has 3 N–H and O–H groups in total. The number of para-hydroxylation sites is 1. The lowest BCUT2D eigenvalue weighted by atomic mass is 9.80. The van der Waals surface area contributed by atoms with Crippen LogP contribution in [0.3, 0.4) is 0 Å². The molecule has 1 saturated heterocycles. The summed E-state index contributed by atoms with van der Waals surface area (Å²) in [4.78, 5) is 45.0. The van der Waals surface area contributed by atoms with Gasteiger partial charge in [-0.3, -0.25) is 19.4 Å². The lowest BCUT2D eigenvalue weighted by molar-refractivity contribution is -0.134. The largest absolute Gasteiger partial charge is 0.381 e. The van der Waals surface area contributed by atoms with Gasteiger partial charge in [0.25, 0.3) is 0 Å². The molecule has 2 amide bonds. The molecule has 2 heterocycles. The maximum Gasteiger partial charge on any atom is 0.237 e. The highest BCUT2D eigenvalue weighted by Gasteiger charge is 2.47. The molecule has 0 bridgehead atoms. The van der Waals surface area contributed by atoms with E-state index in [2.05, 4.69) is 20.9 Å². The van der Waals surface area contributed by atoms with Crippen molar-refractivity contribution in [2.45, 2.75) is 51.1 Å². The van der Waals surface area contributed by atoms with Gasteiger partial charge >= 0.3 is 0 Å². The molecule has 1 aromatic carbocycles. The molecule has 8 nitrogen and oxygen atoms in total. The number of ether oxygens (including phenoxy) is 1. The first-order valence-corrected chi connectivity index (χ1v) is 12.4. The van der Waals surface area contributed by atoms with Crippen molar-refractivity contribution in [1.82, 2.24) is 15.6 Å². The van der Waals surface area contributed by atoms with Crippen molar-refractivity contribution in [3.63, 3.8) is 0 Å². The van der Waals surface area contributed by atoms with Gasteiger partial charge in [0.1, 0.15) is 5.82 Å². The molecular formula is C27H33FN4O4. The van der Waals surface area contributed by atoms with E-state index >= 15 is 0 Å². The normalized spacial score (nSPS) is 21.3. The molecule has 4 atom stereocenters. The lowest BCUT2D eigenvalue weighted by Gasteiger charge is -2.33. The summed E-state index contributed by atoms with van der Waals surface area (Å²) >= 11 is 0. The predicted octanol–water partition coefficient (Wildman–Crippen LogP) is 2.51. The highest BCUT2D eigenvalue weighted by atomic mass is 19.1. The summed E-state index contributed by atoms with van der Waals surface area (Å²) in [5, 5.41) is 8.56. The number of anilines is 1. The number of hydrogen-bond donors (Lipinski definition) is 3. The topological polar surface area (TPSA) is 109 Å². The second kappa shape index (κ2) is 11.3. The maximum atomic E-state index is 14.5. The van der Waals surface area contributed by atoms with E-state index in [-0.39, 0.29) is 23.3 Å². The molecule has 4 rings (SSSR count). The Bertz CT molecular complexity index is 1110. The van der Waals surface area contributed by atoms with Gasteiger partial charge in [0.2, 0.25) is 11.8 Å². The van der Waals surface area contributed by atoms with Crippen LogP contribution >= 0.6 is 0 Å². The minimum atomic E-state index is -0.855. The molecule has 1 unspecified atom stereocenters. The van der Waals surface area contributed by atoms with Crippen molar-refractivity contribution in [1.29, 1.82) is 0 Å². The fourth-order valence-corrected chi connectivity index (χ4v) is 5.11. The van der Waals surface area contributed by atoms with Crippen LogP contribution in [0.1, 0.15) is 42.5 Å². The van der Waals surface area contributed by atoms with E-state index in [0.29, 0.717) is 43.7 Å². The number of likely N-dealkylation sites (N-methyl/N-ethyl adjacent to an activating group) is 1. The number of benzene rings is 1.